The van der Waals surface area contributed by atoms with Gasteiger partial charge in [-0.2, -0.15) is 5.21 Å². The first-order chi connectivity index (χ1) is 22.6. The number of hydrogen-bond acceptors (Lipinski definition) is 12. The molecule has 3 amide bonds. The molecule has 0 unspecified atom stereocenters. The highest BCUT2D eigenvalue weighted by atomic mass is 16.5. The number of aromatic nitrogens is 4. The fourth-order valence-corrected chi connectivity index (χ4v) is 5.00. The van der Waals surface area contributed by atoms with Gasteiger partial charge in [-0.15, -0.1) is 10.2 Å². The maximum Gasteiger partial charge on any atom is 0.408 e. The van der Waals surface area contributed by atoms with E-state index in [1.807, 2.05) is 6.07 Å². The van der Waals surface area contributed by atoms with Crippen LogP contribution < -0.4 is 21.0 Å². The third-order valence-electron chi connectivity index (χ3n) is 7.27. The van der Waals surface area contributed by atoms with Gasteiger partial charge in [-0.05, 0) is 38.2 Å². The summed E-state index contributed by atoms with van der Waals surface area (Å²) in [6.45, 7) is 1.02. The van der Waals surface area contributed by atoms with Crippen molar-refractivity contribution in [2.75, 3.05) is 13.2 Å². The van der Waals surface area contributed by atoms with Crippen LogP contribution >= 0.6 is 0 Å². The zero-order valence-corrected chi connectivity index (χ0v) is 25.5. The topological polar surface area (TPSA) is 236 Å². The Balaban J connectivity index is 1.45. The van der Waals surface area contributed by atoms with Gasteiger partial charge in [0.05, 0.1) is 12.5 Å². The first-order valence-corrected chi connectivity index (χ1v) is 14.9. The molecule has 17 nitrogen and oxygen atoms in total. The number of aryl methyl sites for hydroxylation is 2. The van der Waals surface area contributed by atoms with Crippen LogP contribution in [0.2, 0.25) is 0 Å². The van der Waals surface area contributed by atoms with Gasteiger partial charge in [-0.1, -0.05) is 35.5 Å². The molecule has 4 N–H and O–H groups in total. The number of carboxylic acids is 1. The van der Waals surface area contributed by atoms with E-state index >= 15 is 0 Å². The normalized spacial score (nSPS) is 15.6. The first kappa shape index (κ1) is 34.3. The summed E-state index contributed by atoms with van der Waals surface area (Å²) in [5.74, 6) is -2.84. The van der Waals surface area contributed by atoms with Crippen molar-refractivity contribution in [3.8, 4) is 5.75 Å². The molecule has 4 rings (SSSR count). The van der Waals surface area contributed by atoms with E-state index in [-0.39, 0.29) is 43.9 Å². The number of nitrogens with one attached hydrogen (secondary N) is 3. The van der Waals surface area contributed by atoms with E-state index in [9.17, 15) is 33.9 Å². The molecule has 1 fully saturated rings. The maximum absolute atomic E-state index is 13.9. The van der Waals surface area contributed by atoms with Crippen molar-refractivity contribution >= 4 is 29.7 Å². The molecule has 0 aliphatic carbocycles. The molecule has 250 valence electrons. The van der Waals surface area contributed by atoms with Crippen molar-refractivity contribution in [2.24, 2.45) is 0 Å². The van der Waals surface area contributed by atoms with Crippen LogP contribution in [0.25, 0.3) is 0 Å². The molecule has 0 spiro atoms. The minimum absolute atomic E-state index is 0.0346. The van der Waals surface area contributed by atoms with Crippen LogP contribution in [0.5, 0.6) is 5.75 Å². The van der Waals surface area contributed by atoms with Gasteiger partial charge < -0.3 is 34.5 Å². The van der Waals surface area contributed by atoms with E-state index in [4.69, 9.17) is 13.9 Å². The molecule has 3 aromatic rings. The third-order valence-corrected chi connectivity index (χ3v) is 7.27. The number of Topliss-reactive ketones (excluding diaryl/α,β-unsaturated/α-hetero) is 1. The average molecular weight is 654 g/mol. The number of H-pyrrole nitrogens is 1. The second-order valence-corrected chi connectivity index (χ2v) is 10.8. The Morgan fingerprint density at radius 2 is 1.89 bits per heavy atom. The molecular formula is C30H35N7O10. The van der Waals surface area contributed by atoms with Gasteiger partial charge in [0.1, 0.15) is 42.8 Å². The lowest BCUT2D eigenvalue weighted by Crippen LogP contribution is -2.59. The molecule has 1 aliphatic heterocycles. The molecule has 3 heterocycles. The molecule has 3 atom stereocenters. The lowest BCUT2D eigenvalue weighted by molar-refractivity contribution is -0.146. The summed E-state index contributed by atoms with van der Waals surface area (Å²) < 4.78 is 15.5. The number of carbonyl (C=O) groups excluding carboxylic acids is 4. The number of carboxylic acid groups (broad SMARTS) is 1. The van der Waals surface area contributed by atoms with Crippen LogP contribution in [0.1, 0.15) is 49.3 Å². The minimum Gasteiger partial charge on any atom is -0.485 e. The summed E-state index contributed by atoms with van der Waals surface area (Å²) in [4.78, 5) is 77.7. The molecule has 1 saturated heterocycles. The standard InChI is InChI=1S/C30H35N7O10/c1-18-13-20(14-27(41)47-18)45-17-24(38)22(15-26(39)40)31-28(42)23-9-5-6-12-37(23)29(43)21(10-11-25-33-35-36-34-25)32-30(44)46-16-19-7-3-2-4-8-19/h2-4,7-8,13-14,21-23H,5-6,9-12,15-17H2,1H3,(H,31,42)(H,32,44)(H,39,40)(H,33,34,35,36)/t21-,22-,23-/m0/s1. The van der Waals surface area contributed by atoms with Gasteiger partial charge in [0.2, 0.25) is 11.8 Å². The summed E-state index contributed by atoms with van der Waals surface area (Å²) in [6.07, 6.45) is 0.00774. The number of benzene rings is 1. The molecule has 47 heavy (non-hydrogen) atoms. The van der Waals surface area contributed by atoms with Crippen molar-refractivity contribution in [1.82, 2.24) is 36.2 Å². The van der Waals surface area contributed by atoms with E-state index in [0.29, 0.717) is 18.7 Å². The second kappa shape index (κ2) is 16.6. The Morgan fingerprint density at radius 1 is 1.11 bits per heavy atom. The van der Waals surface area contributed by atoms with E-state index in [1.54, 1.807) is 24.3 Å². The van der Waals surface area contributed by atoms with E-state index < -0.39 is 66.4 Å². The minimum atomic E-state index is -1.49. The van der Waals surface area contributed by atoms with Crippen LogP contribution in [0, 0.1) is 6.92 Å². The molecule has 0 radical (unpaired) electrons. The Labute approximate surface area is 268 Å². The van der Waals surface area contributed by atoms with Gasteiger partial charge in [0.15, 0.2) is 11.6 Å². The first-order valence-electron chi connectivity index (χ1n) is 14.9. The van der Waals surface area contributed by atoms with Crippen molar-refractivity contribution in [3.05, 3.63) is 70.0 Å². The number of tetrazole rings is 1. The molecule has 0 bridgehead atoms. The molecular weight excluding hydrogens is 618 g/mol. The van der Waals surface area contributed by atoms with E-state index in [1.165, 1.54) is 17.9 Å². The highest BCUT2D eigenvalue weighted by molar-refractivity contribution is 5.96. The number of ketones is 1. The summed E-state index contributed by atoms with van der Waals surface area (Å²) in [7, 11) is 0. The van der Waals surface area contributed by atoms with Gasteiger partial charge in [-0.3, -0.25) is 19.2 Å². The van der Waals surface area contributed by atoms with Crippen LogP contribution in [-0.4, -0.2) is 91.6 Å². The smallest absolute Gasteiger partial charge is 0.408 e. The number of nitrogens with zero attached hydrogens (tertiary/aromatic N) is 4. The summed E-state index contributed by atoms with van der Waals surface area (Å²) in [5, 5.41) is 28.1. The molecule has 17 heteroatoms. The number of alkyl carbamates (subject to hydrolysis) is 1. The quantitative estimate of drug-likeness (QED) is 0.177. The van der Waals surface area contributed by atoms with Crippen LogP contribution in [-0.2, 0) is 36.9 Å². The highest BCUT2D eigenvalue weighted by Crippen LogP contribution is 2.20. The monoisotopic (exact) mass is 653 g/mol. The van der Waals surface area contributed by atoms with Gasteiger partial charge in [0, 0.05) is 19.0 Å². The second-order valence-electron chi connectivity index (χ2n) is 10.8. The molecule has 1 aromatic carbocycles. The van der Waals surface area contributed by atoms with E-state index in [0.717, 1.165) is 11.6 Å². The van der Waals surface area contributed by atoms with Crippen molar-refractivity contribution in [3.63, 3.8) is 0 Å². The van der Waals surface area contributed by atoms with E-state index in [2.05, 4.69) is 31.3 Å². The number of likely N-dealkylation sites (tertiary alicyclic amines) is 1. The highest BCUT2D eigenvalue weighted by Gasteiger charge is 2.38. The number of carbonyl (C=O) groups is 5. The summed E-state index contributed by atoms with van der Waals surface area (Å²) in [5.41, 5.74) is 0.0462. The van der Waals surface area contributed by atoms with Gasteiger partial charge >= 0.3 is 17.7 Å². The Hall–Kier alpha value is -5.61. The van der Waals surface area contributed by atoms with Gasteiger partial charge in [-0.25, -0.2) is 9.59 Å². The molecule has 1 aliphatic rings. The number of hydrogen-bond donors (Lipinski definition) is 4. The fourth-order valence-electron chi connectivity index (χ4n) is 5.00. The molecule has 2 aromatic heterocycles. The number of aromatic amines is 1. The number of piperidine rings is 1. The predicted octanol–water partition coefficient (Wildman–Crippen LogP) is 0.678. The zero-order valence-electron chi connectivity index (χ0n) is 25.5. The van der Waals surface area contributed by atoms with Gasteiger partial charge in [0.25, 0.3) is 0 Å². The number of amides is 3. The summed E-state index contributed by atoms with van der Waals surface area (Å²) in [6, 6.07) is 7.68. The maximum atomic E-state index is 13.9. The lowest BCUT2D eigenvalue weighted by Gasteiger charge is -2.37. The number of rotatable bonds is 15. The Morgan fingerprint density at radius 3 is 2.60 bits per heavy atom. The number of aliphatic carboxylic acids is 1. The van der Waals surface area contributed by atoms with Crippen LogP contribution in [0.3, 0.4) is 0 Å². The Kier molecular flexibility index (Phi) is 12.1. The van der Waals surface area contributed by atoms with Crippen LogP contribution in [0.4, 0.5) is 4.79 Å². The molecule has 0 saturated carbocycles. The largest absolute Gasteiger partial charge is 0.485 e. The SMILES string of the molecule is Cc1cc(OCC(=O)[C@H](CC(=O)O)NC(=O)[C@@H]2CCCCN2C(=O)[C@H](CCc2nn[nH]n2)NC(=O)OCc2ccccc2)cc(=O)o1. The number of ether oxygens (including phenoxy) is 2. The van der Waals surface area contributed by atoms with Crippen LogP contribution in [0.15, 0.2) is 51.7 Å². The van der Waals surface area contributed by atoms with Crippen molar-refractivity contribution in [1.29, 1.82) is 0 Å². The average Bonchev–Trinajstić information content (AvgIpc) is 3.57. The fraction of sp³-hybridized carbons (Fsp3) is 0.433. The van der Waals surface area contributed by atoms with Crippen molar-refractivity contribution < 1.29 is 43.0 Å². The summed E-state index contributed by atoms with van der Waals surface area (Å²) >= 11 is 0. The van der Waals surface area contributed by atoms with Crippen molar-refractivity contribution in [2.45, 2.75) is 70.2 Å². The Bertz CT molecular complexity index is 1600. The predicted molar refractivity (Wildman–Crippen MR) is 160 cm³/mol. The zero-order chi connectivity index (χ0) is 33.8. The third kappa shape index (κ3) is 10.5. The lowest BCUT2D eigenvalue weighted by atomic mass is 9.98.